The molecule has 0 heterocycles. The molecule has 0 bridgehead atoms. The van der Waals surface area contributed by atoms with E-state index in [1.165, 1.54) is 6.07 Å². The van der Waals surface area contributed by atoms with Gasteiger partial charge in [0.2, 0.25) is 0 Å². The summed E-state index contributed by atoms with van der Waals surface area (Å²) in [6, 6.07) is 2.38. The minimum absolute atomic E-state index is 0.372. The molecule has 0 saturated heterocycles. The van der Waals surface area contributed by atoms with Crippen LogP contribution in [-0.4, -0.2) is 17.4 Å². The van der Waals surface area contributed by atoms with Crippen LogP contribution in [0.2, 0.25) is 0 Å². The van der Waals surface area contributed by atoms with E-state index in [0.29, 0.717) is 12.1 Å². The molecule has 0 aliphatic heterocycles. The van der Waals surface area contributed by atoms with Crippen LogP contribution < -0.4 is 4.74 Å². The molecule has 0 saturated carbocycles. The summed E-state index contributed by atoms with van der Waals surface area (Å²) in [5.41, 5.74) is -2.08. The first-order valence-corrected chi connectivity index (χ1v) is 4.96. The van der Waals surface area contributed by atoms with Gasteiger partial charge in [-0.2, -0.15) is 5.26 Å². The summed E-state index contributed by atoms with van der Waals surface area (Å²) in [7, 11) is 0. The van der Waals surface area contributed by atoms with Crippen molar-refractivity contribution in [3.05, 3.63) is 28.8 Å². The van der Waals surface area contributed by atoms with E-state index < -0.39 is 47.6 Å². The zero-order valence-electron chi connectivity index (χ0n) is 9.54. The summed E-state index contributed by atoms with van der Waals surface area (Å²) in [6.45, 7) is 0. The largest absolute Gasteiger partial charge is 0.573 e. The highest BCUT2D eigenvalue weighted by Crippen LogP contribution is 2.33. The van der Waals surface area contributed by atoms with Crippen LogP contribution in [0, 0.1) is 11.3 Å². The van der Waals surface area contributed by atoms with Gasteiger partial charge in [0.15, 0.2) is 0 Å². The fourth-order valence-electron chi connectivity index (χ4n) is 1.44. The molecule has 0 atom stereocenters. The molecule has 9 heteroatoms. The topological polar surface area (TPSA) is 70.3 Å². The molecule has 1 aromatic rings. The number of halogens is 5. The predicted octanol–water partition coefficient (Wildman–Crippen LogP) is 3.02. The maximum Gasteiger partial charge on any atom is 0.573 e. The number of aliphatic carboxylic acids is 1. The van der Waals surface area contributed by atoms with E-state index in [4.69, 9.17) is 10.4 Å². The molecule has 1 rings (SSSR count). The molecule has 0 spiro atoms. The lowest BCUT2D eigenvalue weighted by Gasteiger charge is -2.15. The van der Waals surface area contributed by atoms with E-state index >= 15 is 0 Å². The number of alkyl halides is 5. The van der Waals surface area contributed by atoms with Gasteiger partial charge < -0.3 is 9.84 Å². The first-order chi connectivity index (χ1) is 9.14. The molecule has 0 aliphatic carbocycles. The van der Waals surface area contributed by atoms with Crippen molar-refractivity contribution in [1.82, 2.24) is 0 Å². The fourth-order valence-corrected chi connectivity index (χ4v) is 1.44. The Bertz CT molecular complexity index is 562. The number of nitrogens with zero attached hydrogens (tertiary/aromatic N) is 1. The third-order valence-corrected chi connectivity index (χ3v) is 2.16. The fraction of sp³-hybridized carbons (Fsp3) is 0.273. The number of carboxylic acid groups (broad SMARTS) is 1. The highest BCUT2D eigenvalue weighted by Gasteiger charge is 2.33. The number of nitriles is 1. The number of hydrogen-bond acceptors (Lipinski definition) is 3. The quantitative estimate of drug-likeness (QED) is 0.867. The van der Waals surface area contributed by atoms with Gasteiger partial charge in [-0.05, 0) is 12.1 Å². The Balaban J connectivity index is 3.44. The molecule has 1 N–H and O–H groups in total. The first kappa shape index (κ1) is 15.7. The lowest BCUT2D eigenvalue weighted by Crippen LogP contribution is -2.19. The van der Waals surface area contributed by atoms with E-state index in [1.54, 1.807) is 0 Å². The van der Waals surface area contributed by atoms with E-state index in [-0.39, 0.29) is 0 Å². The Morgan fingerprint density at radius 3 is 2.40 bits per heavy atom. The lowest BCUT2D eigenvalue weighted by atomic mass is 10.0. The molecule has 0 unspecified atom stereocenters. The van der Waals surface area contributed by atoms with Crippen LogP contribution in [-0.2, 0) is 11.2 Å². The van der Waals surface area contributed by atoms with Crippen molar-refractivity contribution in [1.29, 1.82) is 5.26 Å². The second-order valence-corrected chi connectivity index (χ2v) is 3.58. The Hall–Kier alpha value is -2.37. The van der Waals surface area contributed by atoms with Crippen molar-refractivity contribution in [2.75, 3.05) is 0 Å². The second kappa shape index (κ2) is 5.73. The molecule has 0 aliphatic rings. The van der Waals surface area contributed by atoms with Crippen LogP contribution in [0.5, 0.6) is 5.75 Å². The average molecular weight is 295 g/mol. The van der Waals surface area contributed by atoms with Gasteiger partial charge in [-0.3, -0.25) is 4.79 Å². The standard InChI is InChI=1S/C11H6F5NO3/c12-10(13)5-1-6(4-17)7(3-9(18)19)8(2-5)20-11(14,15)16/h1-2,10H,3H2,(H,18,19). The smallest absolute Gasteiger partial charge is 0.481 e. The van der Waals surface area contributed by atoms with Crippen LogP contribution in [0.25, 0.3) is 0 Å². The summed E-state index contributed by atoms with van der Waals surface area (Å²) < 4.78 is 65.1. The molecule has 0 amide bonds. The van der Waals surface area contributed by atoms with Crippen LogP contribution in [0.1, 0.15) is 23.1 Å². The van der Waals surface area contributed by atoms with E-state index in [9.17, 15) is 26.7 Å². The van der Waals surface area contributed by atoms with Crippen LogP contribution in [0.3, 0.4) is 0 Å². The Kier molecular flexibility index (Phi) is 4.49. The van der Waals surface area contributed by atoms with Crippen LogP contribution in [0.15, 0.2) is 12.1 Å². The normalized spacial score (nSPS) is 11.2. The number of rotatable bonds is 4. The number of benzene rings is 1. The number of ether oxygens (including phenoxy) is 1. The molecule has 4 nitrogen and oxygen atoms in total. The minimum atomic E-state index is -5.19. The summed E-state index contributed by atoms with van der Waals surface area (Å²) in [4.78, 5) is 10.6. The van der Waals surface area contributed by atoms with Gasteiger partial charge >= 0.3 is 12.3 Å². The molecule has 108 valence electrons. The van der Waals surface area contributed by atoms with Crippen molar-refractivity contribution >= 4 is 5.97 Å². The molecule has 20 heavy (non-hydrogen) atoms. The maximum absolute atomic E-state index is 12.5. The molecule has 0 aromatic heterocycles. The maximum atomic E-state index is 12.5. The minimum Gasteiger partial charge on any atom is -0.481 e. The molecular formula is C11H6F5NO3. The summed E-state index contributed by atoms with van der Waals surface area (Å²) in [5.74, 6) is -2.65. The van der Waals surface area contributed by atoms with Gasteiger partial charge in [0.1, 0.15) is 5.75 Å². The summed E-state index contributed by atoms with van der Waals surface area (Å²) in [6.07, 6.45) is -9.28. The van der Waals surface area contributed by atoms with Crippen LogP contribution >= 0.6 is 0 Å². The average Bonchev–Trinajstić information content (AvgIpc) is 2.28. The molecule has 0 fully saturated rings. The third-order valence-electron chi connectivity index (χ3n) is 2.16. The Morgan fingerprint density at radius 1 is 1.40 bits per heavy atom. The van der Waals surface area contributed by atoms with Gasteiger partial charge in [0, 0.05) is 11.1 Å². The van der Waals surface area contributed by atoms with Gasteiger partial charge in [-0.25, -0.2) is 8.78 Å². The number of carbonyl (C=O) groups is 1. The van der Waals surface area contributed by atoms with E-state index in [2.05, 4.69) is 4.74 Å². The third kappa shape index (κ3) is 4.08. The summed E-state index contributed by atoms with van der Waals surface area (Å²) in [5, 5.41) is 17.3. The van der Waals surface area contributed by atoms with Gasteiger partial charge in [-0.15, -0.1) is 13.2 Å². The van der Waals surface area contributed by atoms with Crippen LogP contribution in [0.4, 0.5) is 22.0 Å². The monoisotopic (exact) mass is 295 g/mol. The number of hydrogen-bond donors (Lipinski definition) is 1. The highest BCUT2D eigenvalue weighted by molar-refractivity contribution is 5.73. The zero-order valence-corrected chi connectivity index (χ0v) is 9.54. The van der Waals surface area contributed by atoms with Crippen molar-refractivity contribution in [2.45, 2.75) is 19.2 Å². The lowest BCUT2D eigenvalue weighted by molar-refractivity contribution is -0.275. The van der Waals surface area contributed by atoms with Crippen molar-refractivity contribution in [2.24, 2.45) is 0 Å². The molecule has 0 radical (unpaired) electrons. The van der Waals surface area contributed by atoms with E-state index in [1.807, 2.05) is 0 Å². The Labute approximate surface area is 109 Å². The van der Waals surface area contributed by atoms with Crippen molar-refractivity contribution in [3.63, 3.8) is 0 Å². The molecular weight excluding hydrogens is 289 g/mol. The van der Waals surface area contributed by atoms with Crippen molar-refractivity contribution < 1.29 is 36.6 Å². The number of carboxylic acids is 1. The van der Waals surface area contributed by atoms with E-state index in [0.717, 1.165) is 0 Å². The van der Waals surface area contributed by atoms with Crippen molar-refractivity contribution in [3.8, 4) is 11.8 Å². The zero-order chi connectivity index (χ0) is 15.5. The highest BCUT2D eigenvalue weighted by atomic mass is 19.4. The summed E-state index contributed by atoms with van der Waals surface area (Å²) >= 11 is 0. The SMILES string of the molecule is N#Cc1cc(C(F)F)cc(OC(F)(F)F)c1CC(=O)O. The second-order valence-electron chi connectivity index (χ2n) is 3.58. The molecule has 1 aromatic carbocycles. The van der Waals surface area contributed by atoms with Gasteiger partial charge in [0.05, 0.1) is 18.1 Å². The Morgan fingerprint density at radius 2 is 2.00 bits per heavy atom. The predicted molar refractivity (Wildman–Crippen MR) is 54.1 cm³/mol. The van der Waals surface area contributed by atoms with Gasteiger partial charge in [-0.1, -0.05) is 0 Å². The first-order valence-electron chi connectivity index (χ1n) is 4.96. The van der Waals surface area contributed by atoms with Gasteiger partial charge in [0.25, 0.3) is 6.43 Å².